The average Bonchev–Trinajstić information content (AvgIpc) is 2.76. The highest BCUT2D eigenvalue weighted by atomic mass is 19.3. The molecule has 2 aromatic rings. The molecule has 0 spiro atoms. The van der Waals surface area contributed by atoms with Crippen LogP contribution in [0.15, 0.2) is 42.6 Å². The Morgan fingerprint density at radius 2 is 1.75 bits per heavy atom. The van der Waals surface area contributed by atoms with Gasteiger partial charge >= 0.3 is 6.43 Å². The summed E-state index contributed by atoms with van der Waals surface area (Å²) >= 11 is 0. The Bertz CT molecular complexity index is 830. The SMILES string of the molecule is CC(C)(NC(=O)C(F)F)OC(CCF)c1ccc(-c2ccc(CNCCCF)nc2)cc1. The predicted molar refractivity (Wildman–Crippen MR) is 115 cm³/mol. The van der Waals surface area contributed by atoms with Crippen molar-refractivity contribution >= 4 is 5.91 Å². The second kappa shape index (κ2) is 12.5. The van der Waals surface area contributed by atoms with E-state index < -0.39 is 30.8 Å². The smallest absolute Gasteiger partial charge is 0.315 e. The molecule has 176 valence electrons. The molecule has 2 N–H and O–H groups in total. The zero-order valence-corrected chi connectivity index (χ0v) is 18.2. The molecule has 0 saturated carbocycles. The lowest BCUT2D eigenvalue weighted by molar-refractivity contribution is -0.148. The molecule has 1 unspecified atom stereocenters. The molecule has 5 nitrogen and oxygen atoms in total. The van der Waals surface area contributed by atoms with E-state index in [1.807, 2.05) is 24.3 Å². The quantitative estimate of drug-likeness (QED) is 0.260. The summed E-state index contributed by atoms with van der Waals surface area (Å²) in [5, 5.41) is 5.23. The summed E-state index contributed by atoms with van der Waals surface area (Å²) < 4.78 is 56.0. The highest BCUT2D eigenvalue weighted by Gasteiger charge is 2.29. The Balaban J connectivity index is 2.05. The molecule has 9 heteroatoms. The van der Waals surface area contributed by atoms with Crippen molar-refractivity contribution in [3.63, 3.8) is 0 Å². The lowest BCUT2D eigenvalue weighted by atomic mass is 10.0. The summed E-state index contributed by atoms with van der Waals surface area (Å²) in [7, 11) is 0. The lowest BCUT2D eigenvalue weighted by Crippen LogP contribution is -2.48. The average molecular weight is 455 g/mol. The number of pyridine rings is 1. The number of halogens is 4. The number of benzene rings is 1. The Morgan fingerprint density at radius 3 is 2.31 bits per heavy atom. The summed E-state index contributed by atoms with van der Waals surface area (Å²) in [5.74, 6) is -1.45. The van der Waals surface area contributed by atoms with E-state index in [9.17, 15) is 22.4 Å². The van der Waals surface area contributed by atoms with Crippen LogP contribution in [0.1, 0.15) is 44.1 Å². The third-order valence-corrected chi connectivity index (χ3v) is 4.66. The van der Waals surface area contributed by atoms with Crippen LogP contribution < -0.4 is 10.6 Å². The van der Waals surface area contributed by atoms with Gasteiger partial charge < -0.3 is 15.4 Å². The molecular formula is C23H29F4N3O2. The van der Waals surface area contributed by atoms with Crippen LogP contribution in [0.3, 0.4) is 0 Å². The first-order valence-corrected chi connectivity index (χ1v) is 10.4. The second-order valence-electron chi connectivity index (χ2n) is 7.76. The molecule has 0 bridgehead atoms. The number of ether oxygens (including phenoxy) is 1. The summed E-state index contributed by atoms with van der Waals surface area (Å²) in [6, 6.07) is 11.0. The van der Waals surface area contributed by atoms with E-state index in [0.717, 1.165) is 16.8 Å². The number of rotatable bonds is 13. The second-order valence-corrected chi connectivity index (χ2v) is 7.76. The van der Waals surface area contributed by atoms with Gasteiger partial charge in [0, 0.05) is 24.7 Å². The van der Waals surface area contributed by atoms with Crippen LogP contribution in [0, 0.1) is 0 Å². The lowest BCUT2D eigenvalue weighted by Gasteiger charge is -2.31. The third kappa shape index (κ3) is 8.20. The minimum absolute atomic E-state index is 0.0129. The van der Waals surface area contributed by atoms with Crippen molar-refractivity contribution in [2.75, 3.05) is 19.9 Å². The van der Waals surface area contributed by atoms with E-state index in [1.165, 1.54) is 13.8 Å². The van der Waals surface area contributed by atoms with E-state index in [2.05, 4.69) is 15.6 Å². The maximum Gasteiger partial charge on any atom is 0.315 e. The summed E-state index contributed by atoms with van der Waals surface area (Å²) in [6.07, 6.45) is -1.67. The Kier molecular flexibility index (Phi) is 10.1. The molecule has 32 heavy (non-hydrogen) atoms. The number of nitrogens with one attached hydrogen (secondary N) is 2. The maximum atomic E-state index is 13.1. The van der Waals surface area contributed by atoms with Crippen molar-refractivity contribution in [3.8, 4) is 11.1 Å². The van der Waals surface area contributed by atoms with Gasteiger partial charge in [0.2, 0.25) is 0 Å². The molecule has 1 heterocycles. The monoisotopic (exact) mass is 455 g/mol. The van der Waals surface area contributed by atoms with Crippen LogP contribution in [0.2, 0.25) is 0 Å². The van der Waals surface area contributed by atoms with Crippen molar-refractivity contribution in [1.29, 1.82) is 0 Å². The van der Waals surface area contributed by atoms with Gasteiger partial charge in [0.05, 0.1) is 25.1 Å². The van der Waals surface area contributed by atoms with Gasteiger partial charge in [0.25, 0.3) is 5.91 Å². The van der Waals surface area contributed by atoms with Crippen LogP contribution in [-0.2, 0) is 16.1 Å². The fraction of sp³-hybridized carbons (Fsp3) is 0.478. The Hall–Kier alpha value is -2.52. The molecule has 1 aromatic carbocycles. The van der Waals surface area contributed by atoms with Crippen molar-refractivity contribution in [3.05, 3.63) is 53.9 Å². The molecule has 0 saturated heterocycles. The van der Waals surface area contributed by atoms with Crippen molar-refractivity contribution in [2.45, 2.75) is 51.5 Å². The van der Waals surface area contributed by atoms with E-state index in [0.29, 0.717) is 25.1 Å². The van der Waals surface area contributed by atoms with Gasteiger partial charge in [-0.25, -0.2) is 0 Å². The number of nitrogens with zero attached hydrogens (tertiary/aromatic N) is 1. The number of aromatic nitrogens is 1. The molecule has 1 aromatic heterocycles. The number of hydrogen-bond acceptors (Lipinski definition) is 4. The van der Waals surface area contributed by atoms with Gasteiger partial charge in [-0.1, -0.05) is 30.3 Å². The fourth-order valence-corrected chi connectivity index (χ4v) is 3.13. The first kappa shape index (κ1) is 25.7. The maximum absolute atomic E-state index is 13.1. The van der Waals surface area contributed by atoms with Gasteiger partial charge in [-0.05, 0) is 44.0 Å². The van der Waals surface area contributed by atoms with E-state index in [-0.39, 0.29) is 13.1 Å². The molecule has 0 aliphatic carbocycles. The molecule has 0 aliphatic heterocycles. The molecule has 1 atom stereocenters. The Labute approximate surface area is 185 Å². The van der Waals surface area contributed by atoms with Crippen LogP contribution in [-0.4, -0.2) is 42.9 Å². The topological polar surface area (TPSA) is 63.2 Å². The summed E-state index contributed by atoms with van der Waals surface area (Å²) in [6.45, 7) is 3.00. The third-order valence-electron chi connectivity index (χ3n) is 4.66. The fourth-order valence-electron chi connectivity index (χ4n) is 3.13. The van der Waals surface area contributed by atoms with Crippen molar-refractivity contribution in [1.82, 2.24) is 15.6 Å². The summed E-state index contributed by atoms with van der Waals surface area (Å²) in [5.41, 5.74) is 1.88. The first-order chi connectivity index (χ1) is 15.3. The highest BCUT2D eigenvalue weighted by Crippen LogP contribution is 2.29. The van der Waals surface area contributed by atoms with E-state index >= 15 is 0 Å². The first-order valence-electron chi connectivity index (χ1n) is 10.4. The summed E-state index contributed by atoms with van der Waals surface area (Å²) in [4.78, 5) is 15.7. The molecular weight excluding hydrogens is 426 g/mol. The van der Waals surface area contributed by atoms with Gasteiger partial charge in [0.1, 0.15) is 5.72 Å². The number of amides is 1. The van der Waals surface area contributed by atoms with Gasteiger partial charge in [-0.15, -0.1) is 0 Å². The van der Waals surface area contributed by atoms with Crippen LogP contribution >= 0.6 is 0 Å². The van der Waals surface area contributed by atoms with Gasteiger partial charge in [-0.3, -0.25) is 18.6 Å². The van der Waals surface area contributed by atoms with E-state index in [1.54, 1.807) is 18.3 Å². The normalized spacial score (nSPS) is 12.7. The molecule has 0 fully saturated rings. The number of carbonyl (C=O) groups is 1. The van der Waals surface area contributed by atoms with Gasteiger partial charge in [-0.2, -0.15) is 8.78 Å². The minimum Gasteiger partial charge on any atom is -0.348 e. The number of carbonyl (C=O) groups excluding carboxylic acids is 1. The standard InChI is InChI=1S/C23H29F4N3O2/c1-23(2,30-22(31)21(26)27)32-20(10-12-25)17-6-4-16(5-7-17)18-8-9-19(29-14-18)15-28-13-3-11-24/h4-9,14,20-21,28H,3,10-13,15H2,1-2H3,(H,30,31). The van der Waals surface area contributed by atoms with E-state index in [4.69, 9.17) is 4.74 Å². The van der Waals surface area contributed by atoms with Crippen molar-refractivity contribution in [2.24, 2.45) is 0 Å². The highest BCUT2D eigenvalue weighted by molar-refractivity contribution is 5.79. The molecule has 0 radical (unpaired) electrons. The van der Waals surface area contributed by atoms with Crippen molar-refractivity contribution < 1.29 is 27.1 Å². The largest absolute Gasteiger partial charge is 0.348 e. The molecule has 0 aliphatic rings. The van der Waals surface area contributed by atoms with Crippen LogP contribution in [0.5, 0.6) is 0 Å². The predicted octanol–water partition coefficient (Wildman–Crippen LogP) is 4.73. The number of alkyl halides is 4. The van der Waals surface area contributed by atoms with Gasteiger partial charge in [0.15, 0.2) is 0 Å². The van der Waals surface area contributed by atoms with Crippen LogP contribution in [0.4, 0.5) is 17.6 Å². The zero-order chi connectivity index (χ0) is 23.6. The minimum atomic E-state index is -3.16. The molecule has 1 amide bonds. The zero-order valence-electron chi connectivity index (χ0n) is 18.2. The number of hydrogen-bond donors (Lipinski definition) is 2. The molecule has 2 rings (SSSR count). The Morgan fingerprint density at radius 1 is 1.06 bits per heavy atom. The van der Waals surface area contributed by atoms with Crippen LogP contribution in [0.25, 0.3) is 11.1 Å².